The molecular formula is C18H17BrN4O5. The number of furan rings is 1. The van der Waals surface area contributed by atoms with Crippen LogP contribution in [0.25, 0.3) is 0 Å². The number of amides is 1. The minimum Gasteiger partial charge on any atom is -0.479 e. The predicted molar refractivity (Wildman–Crippen MR) is 103 cm³/mol. The van der Waals surface area contributed by atoms with Crippen LogP contribution in [0.15, 0.2) is 51.5 Å². The van der Waals surface area contributed by atoms with Crippen LogP contribution >= 0.6 is 15.9 Å². The highest BCUT2D eigenvalue weighted by molar-refractivity contribution is 9.10. The second-order valence-electron chi connectivity index (χ2n) is 6.00. The van der Waals surface area contributed by atoms with Crippen LogP contribution in [-0.4, -0.2) is 32.6 Å². The average Bonchev–Trinajstić information content (AvgIpc) is 3.28. The van der Waals surface area contributed by atoms with Crippen molar-refractivity contribution in [3.8, 4) is 5.75 Å². The molecule has 0 N–H and O–H groups in total. The molecule has 0 aliphatic rings. The maximum atomic E-state index is 12.6. The largest absolute Gasteiger partial charge is 0.479 e. The summed E-state index contributed by atoms with van der Waals surface area (Å²) in [6.45, 7) is 0.313. The van der Waals surface area contributed by atoms with E-state index in [0.717, 1.165) is 10.2 Å². The quantitative estimate of drug-likeness (QED) is 0.404. The van der Waals surface area contributed by atoms with Gasteiger partial charge in [0.15, 0.2) is 11.5 Å². The fraction of sp³-hybridized carbons (Fsp3) is 0.222. The first-order chi connectivity index (χ1) is 13.4. The van der Waals surface area contributed by atoms with Crippen molar-refractivity contribution in [2.45, 2.75) is 13.2 Å². The lowest BCUT2D eigenvalue weighted by atomic mass is 10.3. The van der Waals surface area contributed by atoms with Crippen LogP contribution in [0.3, 0.4) is 0 Å². The molecule has 0 aliphatic carbocycles. The van der Waals surface area contributed by atoms with Crippen LogP contribution in [0, 0.1) is 10.1 Å². The van der Waals surface area contributed by atoms with Crippen molar-refractivity contribution in [3.63, 3.8) is 0 Å². The Morgan fingerprint density at radius 2 is 2.11 bits per heavy atom. The maximum Gasteiger partial charge on any atom is 0.310 e. The van der Waals surface area contributed by atoms with Crippen LogP contribution in [0.5, 0.6) is 5.75 Å². The first kappa shape index (κ1) is 19.6. The minimum atomic E-state index is -0.516. The summed E-state index contributed by atoms with van der Waals surface area (Å²) >= 11 is 3.40. The summed E-state index contributed by atoms with van der Waals surface area (Å²) in [5.74, 6) is 0.374. The second kappa shape index (κ2) is 8.26. The molecule has 0 spiro atoms. The van der Waals surface area contributed by atoms with Gasteiger partial charge in [0.05, 0.1) is 27.8 Å². The molecule has 146 valence electrons. The third kappa shape index (κ3) is 4.22. The van der Waals surface area contributed by atoms with Gasteiger partial charge in [0, 0.05) is 20.2 Å². The monoisotopic (exact) mass is 448 g/mol. The third-order valence-corrected chi connectivity index (χ3v) is 4.71. The number of nitro groups is 1. The smallest absolute Gasteiger partial charge is 0.310 e. The molecule has 2 heterocycles. The van der Waals surface area contributed by atoms with E-state index in [1.165, 1.54) is 17.0 Å². The summed E-state index contributed by atoms with van der Waals surface area (Å²) in [7, 11) is 3.46. The Morgan fingerprint density at radius 1 is 1.36 bits per heavy atom. The summed E-state index contributed by atoms with van der Waals surface area (Å²) in [6, 6.07) is 9.23. The van der Waals surface area contributed by atoms with E-state index >= 15 is 0 Å². The van der Waals surface area contributed by atoms with Crippen molar-refractivity contribution in [1.29, 1.82) is 0 Å². The van der Waals surface area contributed by atoms with Crippen molar-refractivity contribution >= 4 is 27.5 Å². The van der Waals surface area contributed by atoms with E-state index in [9.17, 15) is 14.9 Å². The van der Waals surface area contributed by atoms with E-state index in [4.69, 9.17) is 9.15 Å². The third-order valence-electron chi connectivity index (χ3n) is 4.05. The molecule has 3 rings (SSSR count). The SMILES string of the molecule is CN(Cc1c(Br)cnn1C)C(=O)c1ccc(COc2ccccc2[N+](=O)[O-])o1. The summed E-state index contributed by atoms with van der Waals surface area (Å²) < 4.78 is 13.5. The van der Waals surface area contributed by atoms with E-state index in [1.807, 2.05) is 0 Å². The molecule has 0 atom stereocenters. The number of benzene rings is 1. The van der Waals surface area contributed by atoms with Gasteiger partial charge in [0.1, 0.15) is 12.4 Å². The van der Waals surface area contributed by atoms with E-state index in [-0.39, 0.29) is 29.7 Å². The minimum absolute atomic E-state index is 0.0326. The molecule has 2 aromatic heterocycles. The number of carbonyl (C=O) groups is 1. The Hall–Kier alpha value is -3.14. The Bertz CT molecular complexity index is 994. The molecule has 0 fully saturated rings. The average molecular weight is 449 g/mol. The topological polar surface area (TPSA) is 104 Å². The Morgan fingerprint density at radius 3 is 2.79 bits per heavy atom. The number of rotatable bonds is 7. The number of ether oxygens (including phenoxy) is 1. The van der Waals surface area contributed by atoms with Gasteiger partial charge in [0.2, 0.25) is 0 Å². The number of halogens is 1. The molecule has 1 aromatic carbocycles. The highest BCUT2D eigenvalue weighted by Gasteiger charge is 2.20. The number of aromatic nitrogens is 2. The number of aryl methyl sites for hydroxylation is 1. The molecule has 0 saturated heterocycles. The molecule has 0 aliphatic heterocycles. The van der Waals surface area contributed by atoms with Gasteiger partial charge in [-0.05, 0) is 34.1 Å². The molecule has 9 nitrogen and oxygen atoms in total. The van der Waals surface area contributed by atoms with Gasteiger partial charge >= 0.3 is 5.69 Å². The van der Waals surface area contributed by atoms with Gasteiger partial charge in [-0.15, -0.1) is 0 Å². The van der Waals surface area contributed by atoms with Gasteiger partial charge in [-0.2, -0.15) is 5.10 Å². The Labute approximate surface area is 168 Å². The van der Waals surface area contributed by atoms with E-state index in [0.29, 0.717) is 12.3 Å². The summed E-state index contributed by atoms with van der Waals surface area (Å²) in [4.78, 5) is 24.6. The lowest BCUT2D eigenvalue weighted by molar-refractivity contribution is -0.386. The van der Waals surface area contributed by atoms with Gasteiger partial charge in [0.25, 0.3) is 5.91 Å². The highest BCUT2D eigenvalue weighted by atomic mass is 79.9. The lowest BCUT2D eigenvalue weighted by Gasteiger charge is -2.16. The molecule has 28 heavy (non-hydrogen) atoms. The number of para-hydroxylation sites is 2. The van der Waals surface area contributed by atoms with Crippen molar-refractivity contribution < 1.29 is 18.9 Å². The summed E-state index contributed by atoms with van der Waals surface area (Å²) in [5.41, 5.74) is 0.717. The predicted octanol–water partition coefficient (Wildman–Crippen LogP) is 3.54. The number of nitro benzene ring substituents is 1. The molecule has 3 aromatic rings. The lowest BCUT2D eigenvalue weighted by Crippen LogP contribution is -2.27. The van der Waals surface area contributed by atoms with Crippen LogP contribution in [0.4, 0.5) is 5.69 Å². The van der Waals surface area contributed by atoms with Crippen LogP contribution < -0.4 is 4.74 Å². The summed E-state index contributed by atoms with van der Waals surface area (Å²) in [6.07, 6.45) is 1.67. The first-order valence-electron chi connectivity index (χ1n) is 8.23. The standard InChI is InChI=1S/C18H17BrN4O5/c1-21(10-15-13(19)9-20-22(15)2)18(24)17-8-7-12(28-17)11-27-16-6-4-3-5-14(16)23(25)26/h3-9H,10-11H2,1-2H3. The molecular weight excluding hydrogens is 432 g/mol. The number of hydrogen-bond acceptors (Lipinski definition) is 6. The molecule has 0 unspecified atom stereocenters. The fourth-order valence-corrected chi connectivity index (χ4v) is 3.02. The normalized spacial score (nSPS) is 10.7. The molecule has 0 bridgehead atoms. The number of carbonyl (C=O) groups excluding carboxylic acids is 1. The zero-order valence-electron chi connectivity index (χ0n) is 15.2. The zero-order chi connectivity index (χ0) is 20.3. The Balaban J connectivity index is 1.65. The number of hydrogen-bond donors (Lipinski definition) is 0. The van der Waals surface area contributed by atoms with E-state index in [2.05, 4.69) is 21.0 Å². The molecule has 0 radical (unpaired) electrons. The van der Waals surface area contributed by atoms with Crippen molar-refractivity contribution in [1.82, 2.24) is 14.7 Å². The van der Waals surface area contributed by atoms with Crippen LogP contribution in [0.1, 0.15) is 22.0 Å². The van der Waals surface area contributed by atoms with Crippen LogP contribution in [-0.2, 0) is 20.2 Å². The van der Waals surface area contributed by atoms with Gasteiger partial charge in [-0.25, -0.2) is 0 Å². The van der Waals surface area contributed by atoms with E-state index < -0.39 is 4.92 Å². The zero-order valence-corrected chi connectivity index (χ0v) is 16.7. The molecule has 10 heteroatoms. The second-order valence-corrected chi connectivity index (χ2v) is 6.86. The summed E-state index contributed by atoms with van der Waals surface area (Å²) in [5, 5.41) is 15.1. The number of nitrogens with zero attached hydrogens (tertiary/aromatic N) is 4. The maximum absolute atomic E-state index is 12.6. The van der Waals surface area contributed by atoms with Crippen molar-refractivity contribution in [3.05, 3.63) is 74.4 Å². The first-order valence-corrected chi connectivity index (χ1v) is 9.03. The van der Waals surface area contributed by atoms with Gasteiger partial charge in [-0.1, -0.05) is 12.1 Å². The van der Waals surface area contributed by atoms with Crippen molar-refractivity contribution in [2.24, 2.45) is 7.05 Å². The van der Waals surface area contributed by atoms with E-state index in [1.54, 1.807) is 49.2 Å². The van der Waals surface area contributed by atoms with Gasteiger partial charge in [-0.3, -0.25) is 19.6 Å². The van der Waals surface area contributed by atoms with Crippen LogP contribution in [0.2, 0.25) is 0 Å². The van der Waals surface area contributed by atoms with Crippen molar-refractivity contribution in [2.75, 3.05) is 7.05 Å². The Kier molecular flexibility index (Phi) is 5.78. The fourth-order valence-electron chi connectivity index (χ4n) is 2.55. The highest BCUT2D eigenvalue weighted by Crippen LogP contribution is 2.27. The molecule has 1 amide bonds. The van der Waals surface area contributed by atoms with Gasteiger partial charge < -0.3 is 14.1 Å². The molecule has 0 saturated carbocycles.